The number of pyridine rings is 1. The van der Waals surface area contributed by atoms with E-state index in [4.69, 9.17) is 9.47 Å². The third kappa shape index (κ3) is 5.25. The van der Waals surface area contributed by atoms with E-state index in [-0.39, 0.29) is 17.7 Å². The number of ether oxygens (including phenoxy) is 2. The van der Waals surface area contributed by atoms with Crippen LogP contribution in [0.15, 0.2) is 85.1 Å². The summed E-state index contributed by atoms with van der Waals surface area (Å²) in [4.78, 5) is 17.7. The third-order valence-electron chi connectivity index (χ3n) is 5.81. The molecule has 1 aliphatic rings. The summed E-state index contributed by atoms with van der Waals surface area (Å²) in [6.07, 6.45) is 2.18. The van der Waals surface area contributed by atoms with Crippen LogP contribution in [0, 0.1) is 5.92 Å². The molecule has 1 aliphatic heterocycles. The van der Waals surface area contributed by atoms with Gasteiger partial charge in [-0.05, 0) is 30.5 Å². The summed E-state index contributed by atoms with van der Waals surface area (Å²) in [5, 5.41) is 3.61. The van der Waals surface area contributed by atoms with Crippen molar-refractivity contribution in [1.29, 1.82) is 0 Å². The van der Waals surface area contributed by atoms with Gasteiger partial charge < -0.3 is 14.8 Å². The van der Waals surface area contributed by atoms with Gasteiger partial charge in [0.2, 0.25) is 5.78 Å². The van der Waals surface area contributed by atoms with Crippen LogP contribution in [0.4, 0.5) is 0 Å². The minimum Gasteiger partial charge on any atom is -0.352 e. The average molecular weight is 417 g/mol. The molecule has 0 saturated carbocycles. The van der Waals surface area contributed by atoms with Crippen LogP contribution in [-0.4, -0.2) is 30.5 Å². The van der Waals surface area contributed by atoms with Gasteiger partial charge in [0.05, 0.1) is 0 Å². The molecule has 31 heavy (non-hydrogen) atoms. The fourth-order valence-electron chi connectivity index (χ4n) is 4.16. The first-order valence-corrected chi connectivity index (χ1v) is 10.7. The summed E-state index contributed by atoms with van der Waals surface area (Å²) in [5.41, 5.74) is 2.57. The van der Waals surface area contributed by atoms with E-state index in [1.54, 1.807) is 25.4 Å². The Bertz CT molecular complexity index is 942. The Morgan fingerprint density at radius 1 is 0.968 bits per heavy atom. The number of methoxy groups -OCH3 is 1. The lowest BCUT2D eigenvalue weighted by atomic mass is 9.85. The highest BCUT2D eigenvalue weighted by Gasteiger charge is 2.36. The Balaban J connectivity index is 1.53. The summed E-state index contributed by atoms with van der Waals surface area (Å²) in [6, 6.07) is 25.8. The van der Waals surface area contributed by atoms with Gasteiger partial charge in [-0.2, -0.15) is 0 Å². The van der Waals surface area contributed by atoms with Crippen LogP contribution in [0.1, 0.15) is 46.8 Å². The van der Waals surface area contributed by atoms with Gasteiger partial charge in [-0.1, -0.05) is 66.7 Å². The van der Waals surface area contributed by atoms with Crippen molar-refractivity contribution in [3.8, 4) is 0 Å². The first-order chi connectivity index (χ1) is 15.3. The van der Waals surface area contributed by atoms with Gasteiger partial charge in [0, 0.05) is 37.4 Å². The summed E-state index contributed by atoms with van der Waals surface area (Å²) < 4.78 is 11.9. The lowest BCUT2D eigenvalue weighted by molar-refractivity contribution is -0.161. The van der Waals surface area contributed by atoms with Crippen molar-refractivity contribution in [3.05, 3.63) is 102 Å². The number of aromatic nitrogens is 1. The Morgan fingerprint density at radius 2 is 1.68 bits per heavy atom. The summed E-state index contributed by atoms with van der Waals surface area (Å²) in [6.45, 7) is 0.689. The van der Waals surface area contributed by atoms with Crippen molar-refractivity contribution in [2.24, 2.45) is 5.92 Å². The van der Waals surface area contributed by atoms with Crippen LogP contribution < -0.4 is 5.32 Å². The summed E-state index contributed by atoms with van der Waals surface area (Å²) in [5.74, 6) is -0.0839. The zero-order chi connectivity index (χ0) is 21.5. The lowest BCUT2D eigenvalue weighted by Gasteiger charge is -2.35. The van der Waals surface area contributed by atoms with Gasteiger partial charge >= 0.3 is 0 Å². The van der Waals surface area contributed by atoms with Gasteiger partial charge in [0.1, 0.15) is 11.8 Å². The monoisotopic (exact) mass is 416 g/mol. The van der Waals surface area contributed by atoms with Crippen LogP contribution >= 0.6 is 0 Å². The van der Waals surface area contributed by atoms with Gasteiger partial charge in [0.25, 0.3) is 0 Å². The fourth-order valence-corrected chi connectivity index (χ4v) is 4.16. The van der Waals surface area contributed by atoms with Crippen LogP contribution in [0.25, 0.3) is 0 Å². The van der Waals surface area contributed by atoms with E-state index in [0.717, 1.165) is 18.4 Å². The highest BCUT2D eigenvalue weighted by atomic mass is 16.7. The Labute approximate surface area is 183 Å². The molecule has 1 saturated heterocycles. The first kappa shape index (κ1) is 21.4. The first-order valence-electron chi connectivity index (χ1n) is 10.7. The Kier molecular flexibility index (Phi) is 7.20. The van der Waals surface area contributed by atoms with Crippen molar-refractivity contribution >= 4 is 5.78 Å². The molecule has 0 radical (unpaired) electrons. The maximum Gasteiger partial charge on any atom is 0.210 e. The quantitative estimate of drug-likeness (QED) is 0.425. The summed E-state index contributed by atoms with van der Waals surface area (Å²) >= 11 is 0. The Hall–Kier alpha value is -2.86. The second-order valence-electron chi connectivity index (χ2n) is 7.82. The molecular formula is C26H28N2O3. The van der Waals surface area contributed by atoms with E-state index >= 15 is 0 Å². The van der Waals surface area contributed by atoms with Crippen molar-refractivity contribution in [2.45, 2.75) is 31.3 Å². The maximum atomic E-state index is 13.4. The van der Waals surface area contributed by atoms with Crippen molar-refractivity contribution in [2.75, 3.05) is 13.7 Å². The molecule has 1 fully saturated rings. The summed E-state index contributed by atoms with van der Waals surface area (Å²) in [7, 11) is 1.60. The second kappa shape index (κ2) is 10.4. The molecule has 1 aromatic heterocycles. The lowest BCUT2D eigenvalue weighted by Crippen LogP contribution is -2.44. The number of Topliss-reactive ketones (excluding diaryl/α,β-unsaturated/α-hetero) is 1. The van der Waals surface area contributed by atoms with Gasteiger partial charge in [0.15, 0.2) is 6.29 Å². The van der Waals surface area contributed by atoms with Crippen molar-refractivity contribution < 1.29 is 14.3 Å². The fraction of sp³-hybridized carbons (Fsp3) is 0.308. The standard InChI is InChI=1S/C26H28N2O3/c1-30-26(20-12-6-3-7-13-20)31-25(24(29)23-14-8-9-17-27-23)21-15-16-22(28-18-21)19-10-4-2-5-11-19/h2-14,17,21-22,25-26,28H,15-16,18H2,1H3. The molecule has 1 N–H and O–H groups in total. The molecule has 2 aromatic carbocycles. The number of carbonyl (C=O) groups is 1. The molecule has 4 atom stereocenters. The predicted octanol–water partition coefficient (Wildman–Crippen LogP) is 4.74. The van der Waals surface area contributed by atoms with E-state index in [2.05, 4.69) is 34.6 Å². The van der Waals surface area contributed by atoms with Crippen LogP contribution in [0.5, 0.6) is 0 Å². The predicted molar refractivity (Wildman–Crippen MR) is 120 cm³/mol. The SMILES string of the molecule is COC(OC(C(=O)c1ccccn1)C1CCC(c2ccccc2)NC1)c1ccccc1. The van der Waals surface area contributed by atoms with Gasteiger partial charge in [-0.3, -0.25) is 9.78 Å². The average Bonchev–Trinajstić information content (AvgIpc) is 2.86. The smallest absolute Gasteiger partial charge is 0.210 e. The molecule has 0 amide bonds. The zero-order valence-corrected chi connectivity index (χ0v) is 17.7. The molecule has 5 heteroatoms. The second-order valence-corrected chi connectivity index (χ2v) is 7.82. The van der Waals surface area contributed by atoms with Gasteiger partial charge in [-0.25, -0.2) is 0 Å². The number of nitrogens with one attached hydrogen (secondary N) is 1. The van der Waals surface area contributed by atoms with E-state index in [9.17, 15) is 4.79 Å². The number of carbonyl (C=O) groups excluding carboxylic acids is 1. The maximum absolute atomic E-state index is 13.4. The van der Waals surface area contributed by atoms with E-state index in [0.29, 0.717) is 12.2 Å². The molecule has 160 valence electrons. The zero-order valence-electron chi connectivity index (χ0n) is 17.7. The number of benzene rings is 2. The molecule has 0 aliphatic carbocycles. The molecule has 0 spiro atoms. The van der Waals surface area contributed by atoms with Crippen molar-refractivity contribution in [3.63, 3.8) is 0 Å². The Morgan fingerprint density at radius 3 is 2.29 bits per heavy atom. The van der Waals surface area contributed by atoms with E-state index in [1.807, 2.05) is 42.5 Å². The number of piperidine rings is 1. The molecule has 2 heterocycles. The number of hydrogen-bond donors (Lipinski definition) is 1. The highest BCUT2D eigenvalue weighted by molar-refractivity contribution is 5.98. The molecule has 4 unspecified atom stereocenters. The van der Waals surface area contributed by atoms with Crippen molar-refractivity contribution in [1.82, 2.24) is 10.3 Å². The molecule has 0 bridgehead atoms. The number of nitrogens with zero attached hydrogens (tertiary/aromatic N) is 1. The highest BCUT2D eigenvalue weighted by Crippen LogP contribution is 2.32. The van der Waals surface area contributed by atoms with E-state index < -0.39 is 12.4 Å². The number of rotatable bonds is 8. The topological polar surface area (TPSA) is 60.5 Å². The third-order valence-corrected chi connectivity index (χ3v) is 5.81. The molecule has 5 nitrogen and oxygen atoms in total. The number of ketones is 1. The largest absolute Gasteiger partial charge is 0.352 e. The van der Waals surface area contributed by atoms with Crippen LogP contribution in [0.2, 0.25) is 0 Å². The van der Waals surface area contributed by atoms with Crippen LogP contribution in [0.3, 0.4) is 0 Å². The normalized spacial score (nSPS) is 20.7. The minimum absolute atomic E-state index is 0.0239. The number of hydrogen-bond acceptors (Lipinski definition) is 5. The van der Waals surface area contributed by atoms with Crippen LogP contribution in [-0.2, 0) is 9.47 Å². The molecular weight excluding hydrogens is 388 g/mol. The minimum atomic E-state index is -0.649. The molecule has 3 aromatic rings. The van der Waals surface area contributed by atoms with Gasteiger partial charge in [-0.15, -0.1) is 0 Å². The molecule has 4 rings (SSSR count). The van der Waals surface area contributed by atoms with E-state index in [1.165, 1.54) is 5.56 Å².